The molecule has 20 heavy (non-hydrogen) atoms. The Hall–Kier alpha value is -1.56. The van der Waals surface area contributed by atoms with E-state index in [0.29, 0.717) is 18.0 Å². The highest BCUT2D eigenvalue weighted by atomic mass is 15.5. The van der Waals surface area contributed by atoms with Crippen LogP contribution >= 0.6 is 0 Å². The van der Waals surface area contributed by atoms with Crippen LogP contribution in [-0.4, -0.2) is 33.6 Å². The van der Waals surface area contributed by atoms with Crippen molar-refractivity contribution >= 4 is 17.6 Å². The molecule has 112 valence electrons. The fourth-order valence-electron chi connectivity index (χ4n) is 2.64. The maximum atomic E-state index is 5.78. The lowest BCUT2D eigenvalue weighted by atomic mass is 10.00. The molecule has 4 N–H and O–H groups in total. The van der Waals surface area contributed by atoms with Crippen LogP contribution in [0.5, 0.6) is 0 Å². The zero-order chi connectivity index (χ0) is 14.5. The van der Waals surface area contributed by atoms with E-state index in [-0.39, 0.29) is 0 Å². The number of hydrogen-bond donors (Lipinski definition) is 3. The molecule has 6 nitrogen and oxygen atoms in total. The third kappa shape index (κ3) is 3.72. The lowest BCUT2D eigenvalue weighted by Crippen LogP contribution is -2.47. The Kier molecular flexibility index (Phi) is 5.00. The number of nitrogen functional groups attached to an aromatic ring is 1. The molecule has 0 saturated carbocycles. The van der Waals surface area contributed by atoms with Crippen molar-refractivity contribution in [1.29, 1.82) is 0 Å². The monoisotopic (exact) mass is 278 g/mol. The number of nitrogens with zero attached hydrogens (tertiary/aromatic N) is 3. The number of anilines is 3. The standard InChI is InChI=1S/C14H26N6/c1-4-8-16-12-9-13(18-14(15)17-12)19-20-10(2)6-5-7-11(20)3/h9-11H,4-8H2,1-3H3,(H4,15,16,17,18,19). The van der Waals surface area contributed by atoms with Crippen molar-refractivity contribution in [3.05, 3.63) is 6.07 Å². The Morgan fingerprint density at radius 3 is 2.55 bits per heavy atom. The smallest absolute Gasteiger partial charge is 0.223 e. The van der Waals surface area contributed by atoms with Gasteiger partial charge in [-0.25, -0.2) is 5.01 Å². The van der Waals surface area contributed by atoms with Crippen LogP contribution in [0.3, 0.4) is 0 Å². The summed E-state index contributed by atoms with van der Waals surface area (Å²) in [7, 11) is 0. The molecule has 6 heteroatoms. The van der Waals surface area contributed by atoms with Crippen LogP contribution in [0.15, 0.2) is 6.07 Å². The van der Waals surface area contributed by atoms with E-state index in [1.807, 2.05) is 6.07 Å². The zero-order valence-electron chi connectivity index (χ0n) is 12.7. The van der Waals surface area contributed by atoms with E-state index in [2.05, 4.69) is 46.5 Å². The van der Waals surface area contributed by atoms with E-state index >= 15 is 0 Å². The summed E-state index contributed by atoms with van der Waals surface area (Å²) in [5.74, 6) is 1.83. The summed E-state index contributed by atoms with van der Waals surface area (Å²) in [6, 6.07) is 2.92. The summed E-state index contributed by atoms with van der Waals surface area (Å²) < 4.78 is 0. The van der Waals surface area contributed by atoms with E-state index < -0.39 is 0 Å². The molecule has 1 aromatic heterocycles. The predicted molar refractivity (Wildman–Crippen MR) is 83.5 cm³/mol. The van der Waals surface area contributed by atoms with Gasteiger partial charge in [-0.2, -0.15) is 9.97 Å². The van der Waals surface area contributed by atoms with Crippen LogP contribution in [0.25, 0.3) is 0 Å². The van der Waals surface area contributed by atoms with Crippen molar-refractivity contribution in [1.82, 2.24) is 15.0 Å². The molecule has 1 aliphatic rings. The topological polar surface area (TPSA) is 79.1 Å². The van der Waals surface area contributed by atoms with Crippen molar-refractivity contribution < 1.29 is 0 Å². The molecule has 1 saturated heterocycles. The highest BCUT2D eigenvalue weighted by Crippen LogP contribution is 2.23. The van der Waals surface area contributed by atoms with Crippen LogP contribution in [0.1, 0.15) is 46.5 Å². The molecule has 2 unspecified atom stereocenters. The van der Waals surface area contributed by atoms with Gasteiger partial charge in [0.2, 0.25) is 5.95 Å². The highest BCUT2D eigenvalue weighted by Gasteiger charge is 2.25. The molecule has 0 bridgehead atoms. The summed E-state index contributed by atoms with van der Waals surface area (Å²) in [4.78, 5) is 8.48. The largest absolute Gasteiger partial charge is 0.370 e. The molecular weight excluding hydrogens is 252 g/mol. The quantitative estimate of drug-likeness (QED) is 0.768. The summed E-state index contributed by atoms with van der Waals surface area (Å²) in [6.07, 6.45) is 4.75. The van der Waals surface area contributed by atoms with Gasteiger partial charge < -0.3 is 16.5 Å². The molecule has 0 spiro atoms. The van der Waals surface area contributed by atoms with Gasteiger partial charge in [0.1, 0.15) is 11.6 Å². The van der Waals surface area contributed by atoms with Crippen LogP contribution in [-0.2, 0) is 0 Å². The molecule has 1 aliphatic heterocycles. The summed E-state index contributed by atoms with van der Waals surface area (Å²) >= 11 is 0. The van der Waals surface area contributed by atoms with E-state index in [1.54, 1.807) is 0 Å². The van der Waals surface area contributed by atoms with E-state index in [1.165, 1.54) is 19.3 Å². The fraction of sp³-hybridized carbons (Fsp3) is 0.714. The highest BCUT2D eigenvalue weighted by molar-refractivity contribution is 5.50. The van der Waals surface area contributed by atoms with Crippen LogP contribution in [0, 0.1) is 0 Å². The van der Waals surface area contributed by atoms with Gasteiger partial charge >= 0.3 is 0 Å². The number of aromatic nitrogens is 2. The zero-order valence-corrected chi connectivity index (χ0v) is 12.7. The lowest BCUT2D eigenvalue weighted by Gasteiger charge is -2.39. The first-order chi connectivity index (χ1) is 9.60. The van der Waals surface area contributed by atoms with Crippen molar-refractivity contribution in [2.24, 2.45) is 0 Å². The molecule has 2 heterocycles. The van der Waals surface area contributed by atoms with Gasteiger partial charge in [0.25, 0.3) is 0 Å². The fourth-order valence-corrected chi connectivity index (χ4v) is 2.64. The SMILES string of the molecule is CCCNc1cc(NN2C(C)CCCC2C)nc(N)n1. The predicted octanol–water partition coefficient (Wildman–Crippen LogP) is 2.47. The van der Waals surface area contributed by atoms with Crippen molar-refractivity contribution in [2.75, 3.05) is 23.0 Å². The number of rotatable bonds is 5. The van der Waals surface area contributed by atoms with Crippen LogP contribution < -0.4 is 16.5 Å². The van der Waals surface area contributed by atoms with Gasteiger partial charge in [0.15, 0.2) is 0 Å². The van der Waals surface area contributed by atoms with Crippen LogP contribution in [0.2, 0.25) is 0 Å². The second-order valence-corrected chi connectivity index (χ2v) is 5.57. The number of hydrazine groups is 1. The normalized spacial score (nSPS) is 23.6. The van der Waals surface area contributed by atoms with Crippen LogP contribution in [0.4, 0.5) is 17.6 Å². The second kappa shape index (κ2) is 6.74. The molecule has 0 amide bonds. The molecule has 1 fully saturated rings. The van der Waals surface area contributed by atoms with Crippen molar-refractivity contribution in [2.45, 2.75) is 58.5 Å². The first-order valence-corrected chi connectivity index (χ1v) is 7.53. The van der Waals surface area contributed by atoms with Gasteiger partial charge in [-0.15, -0.1) is 0 Å². The summed E-state index contributed by atoms with van der Waals surface area (Å²) in [5.41, 5.74) is 9.19. The van der Waals surface area contributed by atoms with Gasteiger partial charge in [-0.05, 0) is 33.1 Å². The van der Waals surface area contributed by atoms with E-state index in [9.17, 15) is 0 Å². The number of piperidine rings is 1. The Morgan fingerprint density at radius 1 is 1.25 bits per heavy atom. The lowest BCUT2D eigenvalue weighted by molar-refractivity contribution is 0.135. The van der Waals surface area contributed by atoms with Gasteiger partial charge in [-0.1, -0.05) is 13.3 Å². The second-order valence-electron chi connectivity index (χ2n) is 5.57. The molecule has 0 aromatic carbocycles. The van der Waals surface area contributed by atoms with E-state index in [0.717, 1.165) is 24.6 Å². The summed E-state index contributed by atoms with van der Waals surface area (Å²) in [6.45, 7) is 7.48. The maximum Gasteiger partial charge on any atom is 0.223 e. The van der Waals surface area contributed by atoms with E-state index in [4.69, 9.17) is 5.73 Å². The summed E-state index contributed by atoms with van der Waals surface area (Å²) in [5, 5.41) is 5.52. The van der Waals surface area contributed by atoms with Gasteiger partial charge in [0, 0.05) is 24.7 Å². The third-order valence-electron chi connectivity index (χ3n) is 3.74. The average Bonchev–Trinajstić information content (AvgIpc) is 2.40. The molecule has 0 aliphatic carbocycles. The molecule has 1 aromatic rings. The van der Waals surface area contributed by atoms with Crippen molar-refractivity contribution in [3.63, 3.8) is 0 Å². The number of hydrogen-bond acceptors (Lipinski definition) is 6. The molecule has 0 radical (unpaired) electrons. The number of nitrogens with one attached hydrogen (secondary N) is 2. The number of nitrogens with two attached hydrogens (primary N) is 1. The Morgan fingerprint density at radius 2 is 1.90 bits per heavy atom. The Bertz CT molecular complexity index is 426. The van der Waals surface area contributed by atoms with Crippen molar-refractivity contribution in [3.8, 4) is 0 Å². The first kappa shape index (κ1) is 14.8. The Labute approximate surface area is 121 Å². The minimum atomic E-state index is 0.297. The maximum absolute atomic E-state index is 5.78. The minimum absolute atomic E-state index is 0.297. The average molecular weight is 278 g/mol. The third-order valence-corrected chi connectivity index (χ3v) is 3.74. The Balaban J connectivity index is 2.09. The first-order valence-electron chi connectivity index (χ1n) is 7.53. The molecular formula is C14H26N6. The van der Waals surface area contributed by atoms with Gasteiger partial charge in [-0.3, -0.25) is 0 Å². The minimum Gasteiger partial charge on any atom is -0.370 e. The molecule has 2 atom stereocenters. The molecule has 2 rings (SSSR count). The van der Waals surface area contributed by atoms with Gasteiger partial charge in [0.05, 0.1) is 0 Å².